The van der Waals surface area contributed by atoms with Crippen molar-refractivity contribution in [2.24, 2.45) is 0 Å². The highest BCUT2D eigenvalue weighted by Crippen LogP contribution is 2.21. The molecular weight excluding hydrogens is 252 g/mol. The van der Waals surface area contributed by atoms with Gasteiger partial charge in [-0.15, -0.1) is 0 Å². The second-order valence-corrected chi connectivity index (χ2v) is 5.30. The summed E-state index contributed by atoms with van der Waals surface area (Å²) in [4.78, 5) is 4.61. The van der Waals surface area contributed by atoms with Crippen molar-refractivity contribution in [2.45, 2.75) is 13.3 Å². The zero-order valence-electron chi connectivity index (χ0n) is 10.7. The average Bonchev–Trinajstić information content (AvgIpc) is 2.91. The third-order valence-corrected chi connectivity index (χ3v) is 3.77. The lowest BCUT2D eigenvalue weighted by atomic mass is 10.1. The van der Waals surface area contributed by atoms with Crippen molar-refractivity contribution in [1.29, 1.82) is 0 Å². The fourth-order valence-corrected chi connectivity index (χ4v) is 2.60. The quantitative estimate of drug-likeness (QED) is 0.713. The van der Waals surface area contributed by atoms with Crippen LogP contribution in [0, 0.1) is 6.92 Å². The molecule has 0 N–H and O–H groups in total. The molecule has 2 nitrogen and oxygen atoms in total. The van der Waals surface area contributed by atoms with Gasteiger partial charge in [-0.3, -0.25) is 0 Å². The zero-order chi connectivity index (χ0) is 13.1. The number of benzene rings is 2. The third-order valence-electron chi connectivity index (χ3n) is 2.97. The van der Waals surface area contributed by atoms with Gasteiger partial charge in [0.15, 0.2) is 0 Å². The first-order valence-corrected chi connectivity index (χ1v) is 7.02. The number of hydrogen-bond acceptors (Lipinski definition) is 3. The first kappa shape index (κ1) is 12.1. The van der Waals surface area contributed by atoms with Crippen molar-refractivity contribution in [2.75, 3.05) is 0 Å². The Morgan fingerprint density at radius 2 is 1.68 bits per heavy atom. The van der Waals surface area contributed by atoms with Crippen LogP contribution in [-0.4, -0.2) is 9.36 Å². The average molecular weight is 266 g/mol. The maximum atomic E-state index is 4.61. The van der Waals surface area contributed by atoms with E-state index < -0.39 is 0 Å². The summed E-state index contributed by atoms with van der Waals surface area (Å²) in [5, 5.41) is 0.989. The van der Waals surface area contributed by atoms with Crippen molar-refractivity contribution in [3.05, 3.63) is 71.5 Å². The molecule has 0 fully saturated rings. The van der Waals surface area contributed by atoms with Gasteiger partial charge in [0.25, 0.3) is 0 Å². The minimum atomic E-state index is 0.795. The molecule has 0 radical (unpaired) electrons. The van der Waals surface area contributed by atoms with Gasteiger partial charge in [-0.2, -0.15) is 4.37 Å². The fourth-order valence-electron chi connectivity index (χ4n) is 1.91. The summed E-state index contributed by atoms with van der Waals surface area (Å²) in [6.07, 6.45) is 0.795. The predicted molar refractivity (Wildman–Crippen MR) is 79.3 cm³/mol. The van der Waals surface area contributed by atoms with Gasteiger partial charge in [0.2, 0.25) is 0 Å². The second kappa shape index (κ2) is 5.33. The molecule has 94 valence electrons. The van der Waals surface area contributed by atoms with Crippen molar-refractivity contribution in [1.82, 2.24) is 9.36 Å². The normalized spacial score (nSPS) is 10.6. The van der Waals surface area contributed by atoms with Crippen LogP contribution in [0.1, 0.15) is 17.0 Å². The lowest BCUT2D eigenvalue weighted by Crippen LogP contribution is -1.90. The number of aryl methyl sites for hydroxylation is 1. The van der Waals surface area contributed by atoms with E-state index in [4.69, 9.17) is 0 Å². The monoisotopic (exact) mass is 266 g/mol. The SMILES string of the molecule is Cc1ccc(Cc2nsc(-c3ccccc3)n2)cc1. The van der Waals surface area contributed by atoms with E-state index in [9.17, 15) is 0 Å². The van der Waals surface area contributed by atoms with Gasteiger partial charge >= 0.3 is 0 Å². The Morgan fingerprint density at radius 1 is 0.947 bits per heavy atom. The summed E-state index contributed by atoms with van der Waals surface area (Å²) in [5.74, 6) is 0.896. The molecule has 3 aromatic rings. The van der Waals surface area contributed by atoms with Crippen LogP contribution in [0.25, 0.3) is 10.6 Å². The van der Waals surface area contributed by atoms with Gasteiger partial charge in [-0.25, -0.2) is 4.98 Å². The summed E-state index contributed by atoms with van der Waals surface area (Å²) in [7, 11) is 0. The molecule has 0 bridgehead atoms. The number of nitrogens with zero attached hydrogens (tertiary/aromatic N) is 2. The molecular formula is C16H14N2S. The zero-order valence-corrected chi connectivity index (χ0v) is 11.5. The van der Waals surface area contributed by atoms with Gasteiger partial charge < -0.3 is 0 Å². The van der Waals surface area contributed by atoms with Gasteiger partial charge in [-0.1, -0.05) is 60.2 Å². The second-order valence-electron chi connectivity index (χ2n) is 4.54. The molecule has 0 aliphatic rings. The standard InChI is InChI=1S/C16H14N2S/c1-12-7-9-13(10-8-12)11-15-17-16(19-18-15)14-5-3-2-4-6-14/h2-10H,11H2,1H3. The smallest absolute Gasteiger partial charge is 0.147 e. The number of hydrogen-bond donors (Lipinski definition) is 0. The maximum absolute atomic E-state index is 4.61. The van der Waals surface area contributed by atoms with E-state index in [1.165, 1.54) is 22.7 Å². The van der Waals surface area contributed by atoms with Crippen molar-refractivity contribution >= 4 is 11.5 Å². The Bertz CT molecular complexity index is 657. The van der Waals surface area contributed by atoms with Crippen molar-refractivity contribution < 1.29 is 0 Å². The topological polar surface area (TPSA) is 25.8 Å². The Hall–Kier alpha value is -2.00. The van der Waals surface area contributed by atoms with Gasteiger partial charge in [0, 0.05) is 12.0 Å². The molecule has 0 atom stereocenters. The molecule has 0 unspecified atom stereocenters. The molecule has 0 aliphatic carbocycles. The molecule has 0 amide bonds. The molecule has 2 aromatic carbocycles. The summed E-state index contributed by atoms with van der Waals surface area (Å²) in [5.41, 5.74) is 3.66. The molecule has 3 heteroatoms. The number of rotatable bonds is 3. The van der Waals surface area contributed by atoms with Gasteiger partial charge in [0.1, 0.15) is 10.8 Å². The highest BCUT2D eigenvalue weighted by Gasteiger charge is 2.06. The molecule has 1 aromatic heterocycles. The summed E-state index contributed by atoms with van der Waals surface area (Å²) < 4.78 is 4.44. The van der Waals surface area contributed by atoms with Crippen LogP contribution in [-0.2, 0) is 6.42 Å². The Labute approximate surface area is 116 Å². The highest BCUT2D eigenvalue weighted by atomic mass is 32.1. The molecule has 0 saturated carbocycles. The van der Waals surface area contributed by atoms with Gasteiger partial charge in [0.05, 0.1) is 0 Å². The minimum Gasteiger partial charge on any atom is -0.219 e. The molecule has 3 rings (SSSR count). The first-order valence-electron chi connectivity index (χ1n) is 6.25. The van der Waals surface area contributed by atoms with E-state index in [1.54, 1.807) is 0 Å². The van der Waals surface area contributed by atoms with E-state index in [0.717, 1.165) is 22.8 Å². The lowest BCUT2D eigenvalue weighted by Gasteiger charge is -1.98. The van der Waals surface area contributed by atoms with E-state index in [1.807, 2.05) is 18.2 Å². The highest BCUT2D eigenvalue weighted by molar-refractivity contribution is 7.09. The Kier molecular flexibility index (Phi) is 3.38. The molecule has 19 heavy (non-hydrogen) atoms. The minimum absolute atomic E-state index is 0.795. The van der Waals surface area contributed by atoms with E-state index in [0.29, 0.717) is 0 Å². The van der Waals surface area contributed by atoms with Crippen LogP contribution in [0.15, 0.2) is 54.6 Å². The van der Waals surface area contributed by atoms with Crippen LogP contribution >= 0.6 is 11.5 Å². The fraction of sp³-hybridized carbons (Fsp3) is 0.125. The molecule has 0 saturated heterocycles. The molecule has 0 aliphatic heterocycles. The summed E-state index contributed by atoms with van der Waals surface area (Å²) >= 11 is 1.46. The van der Waals surface area contributed by atoms with Crippen molar-refractivity contribution in [3.8, 4) is 10.6 Å². The van der Waals surface area contributed by atoms with E-state index in [-0.39, 0.29) is 0 Å². The maximum Gasteiger partial charge on any atom is 0.147 e. The molecule has 0 spiro atoms. The van der Waals surface area contributed by atoms with Gasteiger partial charge in [-0.05, 0) is 24.0 Å². The van der Waals surface area contributed by atoms with E-state index >= 15 is 0 Å². The summed E-state index contributed by atoms with van der Waals surface area (Å²) in [6.45, 7) is 2.10. The van der Waals surface area contributed by atoms with Crippen LogP contribution in [0.4, 0.5) is 0 Å². The Balaban J connectivity index is 1.80. The largest absolute Gasteiger partial charge is 0.219 e. The van der Waals surface area contributed by atoms with Crippen LogP contribution < -0.4 is 0 Å². The number of aromatic nitrogens is 2. The summed E-state index contributed by atoms with van der Waals surface area (Å²) in [6, 6.07) is 18.7. The third kappa shape index (κ3) is 2.88. The first-order chi connectivity index (χ1) is 9.31. The predicted octanol–water partition coefficient (Wildman–Crippen LogP) is 4.10. The van der Waals surface area contributed by atoms with Crippen LogP contribution in [0.2, 0.25) is 0 Å². The lowest BCUT2D eigenvalue weighted by molar-refractivity contribution is 1.04. The van der Waals surface area contributed by atoms with Crippen LogP contribution in [0.3, 0.4) is 0 Å². The van der Waals surface area contributed by atoms with Crippen LogP contribution in [0.5, 0.6) is 0 Å². The Morgan fingerprint density at radius 3 is 2.42 bits per heavy atom. The van der Waals surface area contributed by atoms with Crippen molar-refractivity contribution in [3.63, 3.8) is 0 Å². The van der Waals surface area contributed by atoms with E-state index in [2.05, 4.69) is 52.7 Å². The molecule has 1 heterocycles.